The van der Waals surface area contributed by atoms with Gasteiger partial charge in [0.25, 0.3) is 0 Å². The van der Waals surface area contributed by atoms with E-state index in [2.05, 4.69) is 19.9 Å². The SMILES string of the molecule is Cc1nc(CN2CCC2(CCCc2cnccn2)C(N)=O)co1. The van der Waals surface area contributed by atoms with E-state index < -0.39 is 5.54 Å². The molecule has 23 heavy (non-hydrogen) atoms. The minimum atomic E-state index is -0.574. The number of carbonyl (C=O) groups is 1. The van der Waals surface area contributed by atoms with Crippen molar-refractivity contribution in [3.63, 3.8) is 0 Å². The van der Waals surface area contributed by atoms with Crippen LogP contribution in [-0.4, -0.2) is 37.8 Å². The molecule has 1 saturated heterocycles. The zero-order valence-electron chi connectivity index (χ0n) is 13.2. The van der Waals surface area contributed by atoms with E-state index in [1.165, 1.54) is 0 Å². The van der Waals surface area contributed by atoms with Crippen molar-refractivity contribution >= 4 is 5.91 Å². The summed E-state index contributed by atoms with van der Waals surface area (Å²) in [5, 5.41) is 0. The summed E-state index contributed by atoms with van der Waals surface area (Å²) < 4.78 is 5.23. The molecule has 0 aromatic carbocycles. The number of oxazole rings is 1. The van der Waals surface area contributed by atoms with Crippen molar-refractivity contribution in [1.29, 1.82) is 0 Å². The summed E-state index contributed by atoms with van der Waals surface area (Å²) in [5.41, 5.74) is 6.90. The number of hydrogen-bond donors (Lipinski definition) is 1. The number of rotatable bonds is 7. The highest BCUT2D eigenvalue weighted by Gasteiger charge is 2.49. The van der Waals surface area contributed by atoms with Crippen LogP contribution < -0.4 is 5.73 Å². The Morgan fingerprint density at radius 1 is 1.43 bits per heavy atom. The topological polar surface area (TPSA) is 98.1 Å². The van der Waals surface area contributed by atoms with E-state index in [0.717, 1.165) is 43.6 Å². The Labute approximate surface area is 134 Å². The van der Waals surface area contributed by atoms with Crippen LogP contribution in [0.3, 0.4) is 0 Å². The molecule has 0 aliphatic carbocycles. The van der Waals surface area contributed by atoms with E-state index in [1.54, 1.807) is 24.9 Å². The van der Waals surface area contributed by atoms with Gasteiger partial charge < -0.3 is 10.2 Å². The number of primary amides is 1. The maximum absolute atomic E-state index is 12.1. The Hall–Kier alpha value is -2.28. The summed E-state index contributed by atoms with van der Waals surface area (Å²) in [7, 11) is 0. The number of hydrogen-bond acceptors (Lipinski definition) is 6. The zero-order chi connectivity index (χ0) is 16.3. The average Bonchev–Trinajstić information content (AvgIpc) is 2.94. The van der Waals surface area contributed by atoms with Gasteiger partial charge in [-0.2, -0.15) is 0 Å². The molecule has 2 aromatic rings. The molecule has 2 N–H and O–H groups in total. The Balaban J connectivity index is 1.62. The van der Waals surface area contributed by atoms with Crippen LogP contribution in [-0.2, 0) is 17.8 Å². The molecule has 7 nitrogen and oxygen atoms in total. The molecular formula is C16H21N5O2. The fourth-order valence-corrected chi connectivity index (χ4v) is 3.15. The third kappa shape index (κ3) is 3.24. The standard InChI is InChI=1S/C16H21N5O2/c1-12-20-14(11-23-12)10-21-8-5-16(21,15(17)22)4-2-3-13-9-18-6-7-19-13/h6-7,9,11H,2-5,8,10H2,1H3,(H2,17,22). The number of aryl methyl sites for hydroxylation is 2. The van der Waals surface area contributed by atoms with E-state index in [9.17, 15) is 4.79 Å². The van der Waals surface area contributed by atoms with Crippen molar-refractivity contribution < 1.29 is 9.21 Å². The lowest BCUT2D eigenvalue weighted by molar-refractivity contribution is -0.141. The molecule has 0 bridgehead atoms. The number of aromatic nitrogens is 3. The molecule has 0 spiro atoms. The lowest BCUT2D eigenvalue weighted by Crippen LogP contribution is -2.66. The molecule has 3 rings (SSSR count). The molecule has 3 heterocycles. The summed E-state index contributed by atoms with van der Waals surface area (Å²) in [6.07, 6.45) is 9.88. The molecule has 1 aliphatic heterocycles. The molecule has 1 fully saturated rings. The van der Waals surface area contributed by atoms with Crippen molar-refractivity contribution in [2.24, 2.45) is 5.73 Å². The molecular weight excluding hydrogens is 294 g/mol. The molecule has 2 aromatic heterocycles. The summed E-state index contributed by atoms with van der Waals surface area (Å²) in [6, 6.07) is 0. The van der Waals surface area contributed by atoms with E-state index >= 15 is 0 Å². The third-order valence-corrected chi connectivity index (χ3v) is 4.52. The van der Waals surface area contributed by atoms with Crippen LogP contribution in [0.5, 0.6) is 0 Å². The zero-order valence-corrected chi connectivity index (χ0v) is 13.2. The van der Waals surface area contributed by atoms with Crippen LogP contribution in [0.1, 0.15) is 36.5 Å². The smallest absolute Gasteiger partial charge is 0.238 e. The van der Waals surface area contributed by atoms with Gasteiger partial charge in [-0.15, -0.1) is 0 Å². The van der Waals surface area contributed by atoms with E-state index in [1.807, 2.05) is 6.92 Å². The minimum absolute atomic E-state index is 0.261. The highest BCUT2D eigenvalue weighted by molar-refractivity contribution is 5.85. The lowest BCUT2D eigenvalue weighted by Gasteiger charge is -2.50. The van der Waals surface area contributed by atoms with Crippen molar-refractivity contribution in [1.82, 2.24) is 19.9 Å². The average molecular weight is 315 g/mol. The number of amides is 1. The fraction of sp³-hybridized carbons (Fsp3) is 0.500. The molecule has 1 amide bonds. The second-order valence-corrected chi connectivity index (χ2v) is 5.98. The number of carbonyl (C=O) groups excluding carboxylic acids is 1. The number of likely N-dealkylation sites (tertiary alicyclic amines) is 1. The number of nitrogens with zero attached hydrogens (tertiary/aromatic N) is 4. The molecule has 1 aliphatic rings. The summed E-state index contributed by atoms with van der Waals surface area (Å²) in [4.78, 5) is 26.8. The highest BCUT2D eigenvalue weighted by atomic mass is 16.3. The van der Waals surface area contributed by atoms with Crippen molar-refractivity contribution in [3.8, 4) is 0 Å². The largest absolute Gasteiger partial charge is 0.449 e. The quantitative estimate of drug-likeness (QED) is 0.825. The maximum Gasteiger partial charge on any atom is 0.238 e. The van der Waals surface area contributed by atoms with Crippen molar-refractivity contribution in [2.75, 3.05) is 6.54 Å². The summed E-state index contributed by atoms with van der Waals surface area (Å²) in [6.45, 7) is 3.24. The van der Waals surface area contributed by atoms with Crippen LogP contribution in [0.25, 0.3) is 0 Å². The maximum atomic E-state index is 12.1. The van der Waals surface area contributed by atoms with Crippen LogP contribution in [0.15, 0.2) is 29.3 Å². The van der Waals surface area contributed by atoms with Gasteiger partial charge in [-0.3, -0.25) is 19.7 Å². The first kappa shape index (κ1) is 15.6. The Bertz CT molecular complexity index is 672. The Morgan fingerprint density at radius 2 is 2.30 bits per heavy atom. The Kier molecular flexibility index (Phi) is 4.38. The number of nitrogens with two attached hydrogens (primary N) is 1. The summed E-state index contributed by atoms with van der Waals surface area (Å²) in [5.74, 6) is 0.371. The minimum Gasteiger partial charge on any atom is -0.449 e. The lowest BCUT2D eigenvalue weighted by atomic mass is 9.79. The highest BCUT2D eigenvalue weighted by Crippen LogP contribution is 2.36. The molecule has 122 valence electrons. The van der Waals surface area contributed by atoms with Crippen LogP contribution in [0.4, 0.5) is 0 Å². The van der Waals surface area contributed by atoms with Crippen molar-refractivity contribution in [2.45, 2.75) is 44.7 Å². The van der Waals surface area contributed by atoms with Crippen LogP contribution in [0.2, 0.25) is 0 Å². The molecule has 0 saturated carbocycles. The predicted molar refractivity (Wildman–Crippen MR) is 83.2 cm³/mol. The van der Waals surface area contributed by atoms with Gasteiger partial charge in [0.05, 0.1) is 11.4 Å². The molecule has 7 heteroatoms. The predicted octanol–water partition coefficient (Wildman–Crippen LogP) is 1.23. The van der Waals surface area contributed by atoms with Gasteiger partial charge in [0.1, 0.15) is 11.8 Å². The molecule has 0 radical (unpaired) electrons. The van der Waals surface area contributed by atoms with E-state index in [-0.39, 0.29) is 5.91 Å². The van der Waals surface area contributed by atoms with Gasteiger partial charge in [-0.1, -0.05) is 0 Å². The first-order valence-corrected chi connectivity index (χ1v) is 7.81. The van der Waals surface area contributed by atoms with E-state index in [0.29, 0.717) is 12.4 Å². The molecule has 1 unspecified atom stereocenters. The van der Waals surface area contributed by atoms with Gasteiger partial charge in [0.2, 0.25) is 5.91 Å². The van der Waals surface area contributed by atoms with Crippen LogP contribution in [0, 0.1) is 6.92 Å². The first-order chi connectivity index (χ1) is 11.1. The monoisotopic (exact) mass is 315 g/mol. The normalized spacial score (nSPS) is 21.1. The first-order valence-electron chi connectivity index (χ1n) is 7.81. The van der Waals surface area contributed by atoms with Gasteiger partial charge in [-0.05, 0) is 25.7 Å². The fourth-order valence-electron chi connectivity index (χ4n) is 3.15. The second-order valence-electron chi connectivity index (χ2n) is 5.98. The third-order valence-electron chi connectivity index (χ3n) is 4.52. The van der Waals surface area contributed by atoms with E-state index in [4.69, 9.17) is 10.2 Å². The van der Waals surface area contributed by atoms with Gasteiger partial charge in [-0.25, -0.2) is 4.98 Å². The Morgan fingerprint density at radius 3 is 2.87 bits per heavy atom. The second kappa shape index (κ2) is 6.45. The van der Waals surface area contributed by atoms with Crippen LogP contribution >= 0.6 is 0 Å². The van der Waals surface area contributed by atoms with Gasteiger partial charge in [0, 0.05) is 38.6 Å². The summed E-state index contributed by atoms with van der Waals surface area (Å²) >= 11 is 0. The van der Waals surface area contributed by atoms with Gasteiger partial charge >= 0.3 is 0 Å². The molecule has 1 atom stereocenters. The van der Waals surface area contributed by atoms with Gasteiger partial charge in [0.15, 0.2) is 5.89 Å². The van der Waals surface area contributed by atoms with Crippen molar-refractivity contribution in [3.05, 3.63) is 42.1 Å².